The van der Waals surface area contributed by atoms with E-state index in [1.807, 2.05) is 0 Å². The lowest BCUT2D eigenvalue weighted by Gasteiger charge is -2.27. The summed E-state index contributed by atoms with van der Waals surface area (Å²) in [5.74, 6) is -0.742. The first kappa shape index (κ1) is 18.2. The molecule has 3 atom stereocenters. The molecule has 8 heteroatoms. The molecule has 0 bridgehead atoms. The van der Waals surface area contributed by atoms with E-state index < -0.39 is 18.0 Å². The Morgan fingerprint density at radius 2 is 2.04 bits per heavy atom. The minimum absolute atomic E-state index is 0.0144. The van der Waals surface area contributed by atoms with Gasteiger partial charge in [-0.25, -0.2) is 0 Å². The van der Waals surface area contributed by atoms with Crippen molar-refractivity contribution in [3.05, 3.63) is 54.0 Å². The van der Waals surface area contributed by atoms with Gasteiger partial charge in [-0.05, 0) is 36.2 Å². The van der Waals surface area contributed by atoms with Gasteiger partial charge in [-0.15, -0.1) is 0 Å². The number of phenols is 1. The first-order valence-electron chi connectivity index (χ1n) is 9.10. The Balaban J connectivity index is 1.56. The maximum absolute atomic E-state index is 13.2. The Morgan fingerprint density at radius 3 is 2.75 bits per heavy atom. The summed E-state index contributed by atoms with van der Waals surface area (Å²) in [6, 6.07) is 8.04. The van der Waals surface area contributed by atoms with Gasteiger partial charge in [-0.2, -0.15) is 0 Å². The summed E-state index contributed by atoms with van der Waals surface area (Å²) in [4.78, 5) is 39.4. The van der Waals surface area contributed by atoms with Crippen LogP contribution in [0.25, 0.3) is 0 Å². The van der Waals surface area contributed by atoms with Crippen LogP contribution in [-0.2, 0) is 20.7 Å². The number of carbonyl (C=O) groups excluding carboxylic acids is 3. The van der Waals surface area contributed by atoms with Crippen LogP contribution in [0.15, 0.2) is 47.1 Å². The van der Waals surface area contributed by atoms with Crippen molar-refractivity contribution >= 4 is 17.6 Å². The van der Waals surface area contributed by atoms with Crippen molar-refractivity contribution in [1.82, 2.24) is 10.2 Å². The quantitative estimate of drug-likeness (QED) is 0.793. The van der Waals surface area contributed by atoms with Crippen LogP contribution in [0.4, 0.5) is 0 Å². The Kier molecular flexibility index (Phi) is 4.87. The average Bonchev–Trinajstić information content (AvgIpc) is 3.42. The van der Waals surface area contributed by atoms with Crippen molar-refractivity contribution in [3.8, 4) is 5.75 Å². The van der Waals surface area contributed by atoms with E-state index >= 15 is 0 Å². The minimum atomic E-state index is -0.880. The minimum Gasteiger partial charge on any atom is -0.508 e. The number of furan rings is 1. The molecule has 2 saturated heterocycles. The number of aromatic hydroxyl groups is 1. The highest BCUT2D eigenvalue weighted by molar-refractivity contribution is 5.98. The molecular weight excluding hydrogens is 364 g/mol. The molecule has 2 aliphatic heterocycles. The number of amides is 2. The zero-order chi connectivity index (χ0) is 19.7. The van der Waals surface area contributed by atoms with Crippen LogP contribution in [0.2, 0.25) is 0 Å². The number of benzene rings is 1. The molecule has 3 heterocycles. The van der Waals surface area contributed by atoms with Crippen molar-refractivity contribution in [2.24, 2.45) is 0 Å². The molecule has 3 unspecified atom stereocenters. The van der Waals surface area contributed by atoms with Crippen LogP contribution < -0.4 is 5.32 Å². The lowest BCUT2D eigenvalue weighted by molar-refractivity contribution is -0.138. The van der Waals surface area contributed by atoms with E-state index in [2.05, 4.69) is 5.32 Å². The summed E-state index contributed by atoms with van der Waals surface area (Å²) in [6.45, 7) is 0.420. The second-order valence-corrected chi connectivity index (χ2v) is 6.95. The Hall–Kier alpha value is -3.13. The van der Waals surface area contributed by atoms with Gasteiger partial charge in [-0.1, -0.05) is 12.1 Å². The molecule has 0 aliphatic carbocycles. The number of rotatable bonds is 5. The van der Waals surface area contributed by atoms with Gasteiger partial charge in [0.05, 0.1) is 12.4 Å². The van der Waals surface area contributed by atoms with Crippen LogP contribution >= 0.6 is 0 Å². The van der Waals surface area contributed by atoms with Crippen LogP contribution in [0, 0.1) is 0 Å². The molecule has 2 N–H and O–H groups in total. The molecule has 2 fully saturated rings. The predicted octanol–water partition coefficient (Wildman–Crippen LogP) is 0.895. The number of hydrogen-bond donors (Lipinski definition) is 2. The monoisotopic (exact) mass is 384 g/mol. The molecule has 0 saturated carbocycles. The molecule has 1 aromatic heterocycles. The SMILES string of the molecule is O=C(NC(Cc1ccc(O)cc1)C(=O)N1CCC2OCC(=O)C21)c1ccco1. The third-order valence-corrected chi connectivity index (χ3v) is 5.12. The molecular formula is C20H20N2O6. The summed E-state index contributed by atoms with van der Waals surface area (Å²) >= 11 is 0. The van der Waals surface area contributed by atoms with Crippen LogP contribution in [-0.4, -0.2) is 58.9 Å². The van der Waals surface area contributed by atoms with Gasteiger partial charge in [0.1, 0.15) is 24.4 Å². The zero-order valence-electron chi connectivity index (χ0n) is 15.0. The lowest BCUT2D eigenvalue weighted by Crippen LogP contribution is -2.53. The maximum atomic E-state index is 13.2. The first-order chi connectivity index (χ1) is 13.5. The van der Waals surface area contributed by atoms with E-state index in [1.54, 1.807) is 18.2 Å². The van der Waals surface area contributed by atoms with Crippen LogP contribution in [0.3, 0.4) is 0 Å². The number of phenolic OH excluding ortho intramolecular Hbond substituents is 1. The summed E-state index contributed by atoms with van der Waals surface area (Å²) < 4.78 is 10.6. The number of fused-ring (bicyclic) bond motifs is 1. The summed E-state index contributed by atoms with van der Waals surface area (Å²) in [5, 5.41) is 12.2. The highest BCUT2D eigenvalue weighted by atomic mass is 16.5. The Morgan fingerprint density at radius 1 is 1.25 bits per heavy atom. The smallest absolute Gasteiger partial charge is 0.287 e. The Labute approximate surface area is 161 Å². The summed E-state index contributed by atoms with van der Waals surface area (Å²) in [5.41, 5.74) is 0.764. The van der Waals surface area contributed by atoms with E-state index in [1.165, 1.54) is 29.4 Å². The van der Waals surface area contributed by atoms with Crippen molar-refractivity contribution in [2.45, 2.75) is 31.0 Å². The number of carbonyl (C=O) groups is 3. The van der Waals surface area contributed by atoms with Gasteiger partial charge in [0, 0.05) is 13.0 Å². The van der Waals surface area contributed by atoms with Gasteiger partial charge in [0.2, 0.25) is 5.91 Å². The van der Waals surface area contributed by atoms with E-state index in [0.717, 1.165) is 5.56 Å². The van der Waals surface area contributed by atoms with Crippen molar-refractivity contribution < 1.29 is 28.6 Å². The average molecular weight is 384 g/mol. The molecule has 2 amide bonds. The second-order valence-electron chi connectivity index (χ2n) is 6.95. The molecule has 2 aromatic rings. The lowest BCUT2D eigenvalue weighted by atomic mass is 10.0. The van der Waals surface area contributed by atoms with Gasteiger partial charge in [0.25, 0.3) is 5.91 Å². The largest absolute Gasteiger partial charge is 0.508 e. The molecule has 4 rings (SSSR count). The number of ether oxygens (including phenoxy) is 1. The number of Topliss-reactive ketones (excluding diaryl/α,β-unsaturated/α-hetero) is 1. The molecule has 28 heavy (non-hydrogen) atoms. The van der Waals surface area contributed by atoms with Gasteiger partial charge in [0.15, 0.2) is 11.5 Å². The number of likely N-dealkylation sites (tertiary alicyclic amines) is 1. The van der Waals surface area contributed by atoms with E-state index in [9.17, 15) is 19.5 Å². The first-order valence-corrected chi connectivity index (χ1v) is 9.10. The highest BCUT2D eigenvalue weighted by Gasteiger charge is 2.48. The highest BCUT2D eigenvalue weighted by Crippen LogP contribution is 2.28. The van der Waals surface area contributed by atoms with E-state index in [4.69, 9.17) is 9.15 Å². The van der Waals surface area contributed by atoms with Gasteiger partial charge in [-0.3, -0.25) is 14.4 Å². The molecule has 146 valence electrons. The fourth-order valence-electron chi connectivity index (χ4n) is 3.75. The number of nitrogens with zero attached hydrogens (tertiary/aromatic N) is 1. The third-order valence-electron chi connectivity index (χ3n) is 5.12. The van der Waals surface area contributed by atoms with Crippen molar-refractivity contribution in [1.29, 1.82) is 0 Å². The Bertz CT molecular complexity index is 877. The standard InChI is InChI=1S/C20H20N2O6/c23-13-5-3-12(4-6-13)10-14(21-19(25)17-2-1-9-27-17)20(26)22-8-7-16-18(22)15(24)11-28-16/h1-6,9,14,16,18,23H,7-8,10-11H2,(H,21,25). The van der Waals surface area contributed by atoms with E-state index in [-0.39, 0.29) is 42.3 Å². The summed E-state index contributed by atoms with van der Waals surface area (Å²) in [6.07, 6.45) is 1.92. The van der Waals surface area contributed by atoms with E-state index in [0.29, 0.717) is 13.0 Å². The molecule has 1 aromatic carbocycles. The topological polar surface area (TPSA) is 109 Å². The third kappa shape index (κ3) is 3.50. The van der Waals surface area contributed by atoms with Gasteiger partial charge >= 0.3 is 0 Å². The predicted molar refractivity (Wildman–Crippen MR) is 96.6 cm³/mol. The number of hydrogen-bond acceptors (Lipinski definition) is 6. The molecule has 0 spiro atoms. The zero-order valence-corrected chi connectivity index (χ0v) is 15.0. The molecule has 0 radical (unpaired) electrons. The van der Waals surface area contributed by atoms with Crippen molar-refractivity contribution in [2.75, 3.05) is 13.2 Å². The van der Waals surface area contributed by atoms with Gasteiger partial charge < -0.3 is 24.5 Å². The van der Waals surface area contributed by atoms with Crippen LogP contribution in [0.1, 0.15) is 22.5 Å². The van der Waals surface area contributed by atoms with Crippen molar-refractivity contribution in [3.63, 3.8) is 0 Å². The fraction of sp³-hybridized carbons (Fsp3) is 0.350. The fourth-order valence-corrected chi connectivity index (χ4v) is 3.75. The van der Waals surface area contributed by atoms with Crippen LogP contribution in [0.5, 0.6) is 5.75 Å². The number of ketones is 1. The summed E-state index contributed by atoms with van der Waals surface area (Å²) in [7, 11) is 0. The second kappa shape index (κ2) is 7.47. The number of nitrogens with one attached hydrogen (secondary N) is 1. The maximum Gasteiger partial charge on any atom is 0.287 e. The normalized spacial score (nSPS) is 22.1. The molecule has 8 nitrogen and oxygen atoms in total. The molecule has 2 aliphatic rings.